The first kappa shape index (κ1) is 59.1. The number of esters is 3. The molecule has 0 heterocycles. The van der Waals surface area contributed by atoms with Gasteiger partial charge in [0.2, 0.25) is 0 Å². The SMILES string of the molecule is CC/C=C\C/C=C\C/C=C\C/C=C\C/C=C\CCCCCCCC(=O)OCC(COC(=O)CCCCCCCCC)OC(=O)CCCCCC/C=C\C/C=C\C/C=C\C/C=C\CC. The molecule has 6 heteroatoms. The van der Waals surface area contributed by atoms with Crippen molar-refractivity contribution in [3.8, 4) is 0 Å². The van der Waals surface area contributed by atoms with E-state index in [2.05, 4.69) is 130 Å². The van der Waals surface area contributed by atoms with Crippen LogP contribution in [0.5, 0.6) is 0 Å². The van der Waals surface area contributed by atoms with Crippen molar-refractivity contribution >= 4 is 17.9 Å². The van der Waals surface area contributed by atoms with Gasteiger partial charge >= 0.3 is 17.9 Å². The van der Waals surface area contributed by atoms with E-state index in [9.17, 15) is 14.4 Å². The lowest BCUT2D eigenvalue weighted by Crippen LogP contribution is -2.30. The van der Waals surface area contributed by atoms with E-state index in [0.717, 1.165) is 148 Å². The van der Waals surface area contributed by atoms with Crippen molar-refractivity contribution in [3.05, 3.63) is 109 Å². The molecule has 0 aliphatic carbocycles. The van der Waals surface area contributed by atoms with Gasteiger partial charge in [-0.25, -0.2) is 0 Å². The highest BCUT2D eigenvalue weighted by atomic mass is 16.6. The molecule has 0 amide bonds. The molecule has 356 valence electrons. The molecule has 1 unspecified atom stereocenters. The van der Waals surface area contributed by atoms with Crippen LogP contribution in [-0.4, -0.2) is 37.2 Å². The fourth-order valence-electron chi connectivity index (χ4n) is 6.52. The third kappa shape index (κ3) is 49.0. The van der Waals surface area contributed by atoms with E-state index in [1.165, 1.54) is 25.7 Å². The van der Waals surface area contributed by atoms with Crippen LogP contribution in [0.2, 0.25) is 0 Å². The molecule has 0 radical (unpaired) electrons. The van der Waals surface area contributed by atoms with E-state index in [0.29, 0.717) is 19.3 Å². The second kappa shape index (κ2) is 50.7. The zero-order chi connectivity index (χ0) is 45.8. The summed E-state index contributed by atoms with van der Waals surface area (Å²) >= 11 is 0. The molecular formula is C57H92O6. The molecule has 0 bridgehead atoms. The number of hydrogen-bond donors (Lipinski definition) is 0. The minimum atomic E-state index is -0.798. The van der Waals surface area contributed by atoms with Crippen LogP contribution in [0.15, 0.2) is 109 Å². The molecule has 0 saturated carbocycles. The van der Waals surface area contributed by atoms with Gasteiger partial charge in [-0.05, 0) is 103 Å². The summed E-state index contributed by atoms with van der Waals surface area (Å²) in [6.45, 7) is 6.31. The summed E-state index contributed by atoms with van der Waals surface area (Å²) in [4.78, 5) is 37.8. The van der Waals surface area contributed by atoms with Crippen molar-refractivity contribution < 1.29 is 28.6 Å². The molecule has 1 atom stereocenters. The van der Waals surface area contributed by atoms with E-state index in [1.807, 2.05) is 0 Å². The number of allylic oxidation sites excluding steroid dienone is 18. The van der Waals surface area contributed by atoms with Gasteiger partial charge in [0.25, 0.3) is 0 Å². The summed E-state index contributed by atoms with van der Waals surface area (Å²) in [6.07, 6.45) is 68.0. The number of rotatable bonds is 44. The van der Waals surface area contributed by atoms with Gasteiger partial charge < -0.3 is 14.2 Å². The van der Waals surface area contributed by atoms with Crippen molar-refractivity contribution in [1.29, 1.82) is 0 Å². The Kier molecular flexibility index (Phi) is 47.5. The summed E-state index contributed by atoms with van der Waals surface area (Å²) in [6, 6.07) is 0. The Labute approximate surface area is 387 Å². The van der Waals surface area contributed by atoms with Crippen molar-refractivity contribution in [1.82, 2.24) is 0 Å². The van der Waals surface area contributed by atoms with Crippen LogP contribution in [0.25, 0.3) is 0 Å². The van der Waals surface area contributed by atoms with Crippen LogP contribution in [0.4, 0.5) is 0 Å². The highest BCUT2D eigenvalue weighted by Crippen LogP contribution is 2.13. The van der Waals surface area contributed by atoms with Gasteiger partial charge in [0.1, 0.15) is 13.2 Å². The maximum Gasteiger partial charge on any atom is 0.306 e. The Hall–Kier alpha value is -3.93. The second-order valence-corrected chi connectivity index (χ2v) is 16.3. The van der Waals surface area contributed by atoms with E-state index < -0.39 is 6.10 Å². The van der Waals surface area contributed by atoms with E-state index >= 15 is 0 Å². The van der Waals surface area contributed by atoms with Crippen molar-refractivity contribution in [2.45, 2.75) is 219 Å². The summed E-state index contributed by atoms with van der Waals surface area (Å²) in [5.41, 5.74) is 0. The highest BCUT2D eigenvalue weighted by Gasteiger charge is 2.19. The fourth-order valence-corrected chi connectivity index (χ4v) is 6.52. The topological polar surface area (TPSA) is 78.9 Å². The van der Waals surface area contributed by atoms with E-state index in [1.54, 1.807) is 0 Å². The molecule has 0 fully saturated rings. The molecule has 0 N–H and O–H groups in total. The van der Waals surface area contributed by atoms with Gasteiger partial charge in [0.15, 0.2) is 6.10 Å². The van der Waals surface area contributed by atoms with Gasteiger partial charge in [0, 0.05) is 19.3 Å². The lowest BCUT2D eigenvalue weighted by molar-refractivity contribution is -0.167. The Bertz CT molecular complexity index is 1330. The first-order chi connectivity index (χ1) is 31.0. The lowest BCUT2D eigenvalue weighted by Gasteiger charge is -2.18. The molecule has 0 saturated heterocycles. The van der Waals surface area contributed by atoms with Crippen molar-refractivity contribution in [2.75, 3.05) is 13.2 Å². The summed E-state index contributed by atoms with van der Waals surface area (Å²) in [5.74, 6) is -0.953. The third-order valence-corrected chi connectivity index (χ3v) is 10.3. The fraction of sp³-hybridized carbons (Fsp3) is 0.632. The minimum Gasteiger partial charge on any atom is -0.462 e. The number of ether oxygens (including phenoxy) is 3. The van der Waals surface area contributed by atoms with Crippen molar-refractivity contribution in [3.63, 3.8) is 0 Å². The molecule has 0 aliphatic rings. The second-order valence-electron chi connectivity index (χ2n) is 16.3. The molecule has 0 rings (SSSR count). The van der Waals surface area contributed by atoms with Crippen molar-refractivity contribution in [2.24, 2.45) is 0 Å². The number of carbonyl (C=O) groups excluding carboxylic acids is 3. The number of carbonyl (C=O) groups is 3. The molecule has 0 spiro atoms. The lowest BCUT2D eigenvalue weighted by atomic mass is 10.1. The minimum absolute atomic E-state index is 0.0961. The zero-order valence-corrected chi connectivity index (χ0v) is 40.5. The smallest absolute Gasteiger partial charge is 0.306 e. The van der Waals surface area contributed by atoms with Crippen LogP contribution in [-0.2, 0) is 28.6 Å². The van der Waals surface area contributed by atoms with Gasteiger partial charge in [-0.2, -0.15) is 0 Å². The Morgan fingerprint density at radius 2 is 0.619 bits per heavy atom. The predicted octanol–water partition coefficient (Wildman–Crippen LogP) is 16.8. The Morgan fingerprint density at radius 1 is 0.333 bits per heavy atom. The normalized spacial score (nSPS) is 13.0. The monoisotopic (exact) mass is 873 g/mol. The number of unbranched alkanes of at least 4 members (excludes halogenated alkanes) is 15. The standard InChI is InChI=1S/C57H92O6/c1-4-7-10-13-16-18-20-22-24-26-27-28-29-31-32-34-36-38-41-44-47-50-56(59)62-53-54(52-61-55(58)49-46-43-40-15-12-9-6-3)63-57(60)51-48-45-42-39-37-35-33-30-25-23-21-19-17-14-11-8-5-2/h7-8,10-11,16-19,22-25,27-28,31-33,35,54H,4-6,9,12-15,20-21,26,29-30,34,36-53H2,1-3H3/b10-7-,11-8-,18-16-,19-17-,24-22-,25-23-,28-27-,32-31-,35-33-. The van der Waals surface area contributed by atoms with E-state index in [4.69, 9.17) is 14.2 Å². The number of hydrogen-bond acceptors (Lipinski definition) is 6. The first-order valence-corrected chi connectivity index (χ1v) is 25.4. The first-order valence-electron chi connectivity index (χ1n) is 25.4. The van der Waals surface area contributed by atoms with Crippen LogP contribution in [0.1, 0.15) is 213 Å². The maximum absolute atomic E-state index is 12.8. The van der Waals surface area contributed by atoms with Gasteiger partial charge in [-0.1, -0.05) is 201 Å². The largest absolute Gasteiger partial charge is 0.462 e. The molecule has 6 nitrogen and oxygen atoms in total. The summed E-state index contributed by atoms with van der Waals surface area (Å²) in [5, 5.41) is 0. The van der Waals surface area contributed by atoms with Gasteiger partial charge in [0.05, 0.1) is 0 Å². The third-order valence-electron chi connectivity index (χ3n) is 10.3. The quantitative estimate of drug-likeness (QED) is 0.0263. The van der Waals surface area contributed by atoms with E-state index in [-0.39, 0.29) is 31.1 Å². The Morgan fingerprint density at radius 3 is 0.968 bits per heavy atom. The molecule has 0 aliphatic heterocycles. The molecule has 63 heavy (non-hydrogen) atoms. The zero-order valence-electron chi connectivity index (χ0n) is 40.5. The van der Waals surface area contributed by atoms with Crippen LogP contribution < -0.4 is 0 Å². The summed E-state index contributed by atoms with van der Waals surface area (Å²) in [7, 11) is 0. The van der Waals surface area contributed by atoms with Crippen LogP contribution >= 0.6 is 0 Å². The molecule has 0 aromatic heterocycles. The Balaban J connectivity index is 4.36. The average Bonchev–Trinajstić information content (AvgIpc) is 3.28. The van der Waals surface area contributed by atoms with Crippen LogP contribution in [0, 0.1) is 0 Å². The summed E-state index contributed by atoms with van der Waals surface area (Å²) < 4.78 is 16.7. The van der Waals surface area contributed by atoms with Gasteiger partial charge in [-0.15, -0.1) is 0 Å². The molecule has 0 aromatic carbocycles. The van der Waals surface area contributed by atoms with Crippen LogP contribution in [0.3, 0.4) is 0 Å². The molecule has 0 aromatic rings. The predicted molar refractivity (Wildman–Crippen MR) is 270 cm³/mol. The highest BCUT2D eigenvalue weighted by molar-refractivity contribution is 5.71. The van der Waals surface area contributed by atoms with Gasteiger partial charge in [-0.3, -0.25) is 14.4 Å². The average molecular weight is 873 g/mol. The maximum atomic E-state index is 12.8. The molecular weight excluding hydrogens is 781 g/mol.